The van der Waals surface area contributed by atoms with Crippen LogP contribution in [-0.2, 0) is 4.74 Å². The zero-order valence-corrected chi connectivity index (χ0v) is 21.3. The van der Waals surface area contributed by atoms with Gasteiger partial charge in [-0.2, -0.15) is 4.98 Å². The number of methoxy groups -OCH3 is 1. The van der Waals surface area contributed by atoms with Crippen LogP contribution in [0.15, 0.2) is 54.9 Å². The van der Waals surface area contributed by atoms with Gasteiger partial charge in [0, 0.05) is 62.3 Å². The van der Waals surface area contributed by atoms with Gasteiger partial charge < -0.3 is 29.5 Å². The van der Waals surface area contributed by atoms with Gasteiger partial charge >= 0.3 is 0 Å². The SMILES string of the molecule is COc1cc(Nc2nc3cncc(-c4ccc(N5CCOCC5)cc4)n3n2)ccc1N1CCN(C)CC1. The van der Waals surface area contributed by atoms with Crippen LogP contribution in [0.5, 0.6) is 5.75 Å². The largest absolute Gasteiger partial charge is 0.495 e. The summed E-state index contributed by atoms with van der Waals surface area (Å²) in [5.41, 5.74) is 5.77. The number of nitrogens with zero attached hydrogens (tertiary/aromatic N) is 7. The zero-order valence-electron chi connectivity index (χ0n) is 21.3. The standard InChI is InChI=1S/C27H32N8O2/c1-32-9-11-34(12-10-32)23-8-5-21(17-25(23)36-2)29-27-30-26-19-28-18-24(35(26)31-27)20-3-6-22(7-4-20)33-13-15-37-16-14-33/h3-8,17-19H,9-16H2,1-2H3,(H,29,31). The molecule has 1 N–H and O–H groups in total. The van der Waals surface area contributed by atoms with E-state index in [0.29, 0.717) is 11.6 Å². The quantitative estimate of drug-likeness (QED) is 0.429. The number of nitrogens with one attached hydrogen (secondary N) is 1. The maximum Gasteiger partial charge on any atom is 0.247 e. The lowest BCUT2D eigenvalue weighted by molar-refractivity contribution is 0.122. The summed E-state index contributed by atoms with van der Waals surface area (Å²) >= 11 is 0. The highest BCUT2D eigenvalue weighted by atomic mass is 16.5. The van der Waals surface area contributed by atoms with Crippen LogP contribution in [0.3, 0.4) is 0 Å². The summed E-state index contributed by atoms with van der Waals surface area (Å²) < 4.78 is 13.0. The van der Waals surface area contributed by atoms with Crippen LogP contribution in [0.25, 0.3) is 16.9 Å². The fourth-order valence-corrected chi connectivity index (χ4v) is 4.92. The van der Waals surface area contributed by atoms with Gasteiger partial charge in [0.15, 0.2) is 5.65 Å². The minimum Gasteiger partial charge on any atom is -0.495 e. The van der Waals surface area contributed by atoms with Gasteiger partial charge in [-0.1, -0.05) is 12.1 Å². The summed E-state index contributed by atoms with van der Waals surface area (Å²) in [4.78, 5) is 16.1. The molecule has 4 heterocycles. The third-order valence-electron chi connectivity index (χ3n) is 7.07. The van der Waals surface area contributed by atoms with Crippen molar-refractivity contribution in [1.29, 1.82) is 0 Å². The van der Waals surface area contributed by atoms with Gasteiger partial charge in [0.1, 0.15) is 5.75 Å². The van der Waals surface area contributed by atoms with Crippen molar-refractivity contribution in [3.63, 3.8) is 0 Å². The molecule has 37 heavy (non-hydrogen) atoms. The van der Waals surface area contributed by atoms with Crippen molar-refractivity contribution >= 4 is 28.7 Å². The molecule has 2 aromatic carbocycles. The van der Waals surface area contributed by atoms with Gasteiger partial charge in [-0.25, -0.2) is 4.52 Å². The first-order valence-corrected chi connectivity index (χ1v) is 12.7. The van der Waals surface area contributed by atoms with Crippen LogP contribution in [0.2, 0.25) is 0 Å². The first kappa shape index (κ1) is 23.5. The molecule has 2 aliphatic heterocycles. The monoisotopic (exact) mass is 500 g/mol. The van der Waals surface area contributed by atoms with Crippen molar-refractivity contribution in [3.8, 4) is 17.0 Å². The molecular weight excluding hydrogens is 468 g/mol. The number of benzene rings is 2. The van der Waals surface area contributed by atoms with E-state index < -0.39 is 0 Å². The predicted molar refractivity (Wildman–Crippen MR) is 145 cm³/mol. The van der Waals surface area contributed by atoms with E-state index >= 15 is 0 Å². The molecular formula is C27H32N8O2. The molecule has 10 heteroatoms. The third-order valence-corrected chi connectivity index (χ3v) is 7.07. The number of fused-ring (bicyclic) bond motifs is 1. The normalized spacial score (nSPS) is 16.8. The molecule has 0 atom stereocenters. The Morgan fingerprint density at radius 1 is 0.892 bits per heavy atom. The molecule has 0 spiro atoms. The van der Waals surface area contributed by atoms with Crippen molar-refractivity contribution in [3.05, 3.63) is 54.9 Å². The Kier molecular flexibility index (Phi) is 6.50. The lowest BCUT2D eigenvalue weighted by Gasteiger charge is -2.34. The molecule has 6 rings (SSSR count). The number of piperazine rings is 1. The van der Waals surface area contributed by atoms with E-state index in [2.05, 4.69) is 67.4 Å². The highest BCUT2D eigenvalue weighted by molar-refractivity contribution is 5.69. The van der Waals surface area contributed by atoms with Crippen LogP contribution in [-0.4, -0.2) is 91.1 Å². The van der Waals surface area contributed by atoms with Crippen LogP contribution >= 0.6 is 0 Å². The van der Waals surface area contributed by atoms with Gasteiger partial charge in [0.05, 0.1) is 44.1 Å². The number of likely N-dealkylation sites (N-methyl/N-ethyl adjacent to an activating group) is 1. The Bertz CT molecular complexity index is 1360. The van der Waals surface area contributed by atoms with E-state index in [-0.39, 0.29) is 0 Å². The first-order chi connectivity index (χ1) is 18.2. The Morgan fingerprint density at radius 3 is 2.43 bits per heavy atom. The second-order valence-electron chi connectivity index (χ2n) is 9.45. The number of hydrogen-bond acceptors (Lipinski definition) is 9. The molecule has 10 nitrogen and oxygen atoms in total. The van der Waals surface area contributed by atoms with Gasteiger partial charge in [0.2, 0.25) is 5.95 Å². The molecule has 0 amide bonds. The lowest BCUT2D eigenvalue weighted by atomic mass is 10.1. The van der Waals surface area contributed by atoms with Gasteiger partial charge in [-0.15, -0.1) is 5.10 Å². The molecule has 192 valence electrons. The maximum atomic E-state index is 5.73. The van der Waals surface area contributed by atoms with Gasteiger partial charge in [-0.05, 0) is 31.3 Å². The van der Waals surface area contributed by atoms with Crippen LogP contribution < -0.4 is 19.9 Å². The van der Waals surface area contributed by atoms with E-state index in [1.165, 1.54) is 5.69 Å². The minimum atomic E-state index is 0.508. The average molecular weight is 501 g/mol. The summed E-state index contributed by atoms with van der Waals surface area (Å²) in [6.45, 7) is 7.41. The van der Waals surface area contributed by atoms with Crippen molar-refractivity contribution < 1.29 is 9.47 Å². The van der Waals surface area contributed by atoms with Crippen LogP contribution in [0, 0.1) is 0 Å². The minimum absolute atomic E-state index is 0.508. The van der Waals surface area contributed by atoms with Crippen molar-refractivity contribution in [2.45, 2.75) is 0 Å². The van der Waals surface area contributed by atoms with E-state index in [1.54, 1.807) is 13.3 Å². The van der Waals surface area contributed by atoms with E-state index in [0.717, 1.165) is 80.9 Å². The average Bonchev–Trinajstić information content (AvgIpc) is 3.37. The third kappa shape index (κ3) is 4.90. The lowest BCUT2D eigenvalue weighted by Crippen LogP contribution is -2.44. The van der Waals surface area contributed by atoms with Crippen LogP contribution in [0.4, 0.5) is 23.0 Å². The highest BCUT2D eigenvalue weighted by Crippen LogP contribution is 2.33. The fraction of sp³-hybridized carbons (Fsp3) is 0.370. The number of aromatic nitrogens is 4. The Morgan fingerprint density at radius 2 is 1.68 bits per heavy atom. The van der Waals surface area contributed by atoms with Gasteiger partial charge in [0.25, 0.3) is 0 Å². The zero-order chi connectivity index (χ0) is 25.2. The summed E-state index contributed by atoms with van der Waals surface area (Å²) in [6, 6.07) is 14.7. The molecule has 0 aliphatic carbocycles. The first-order valence-electron chi connectivity index (χ1n) is 12.7. The molecule has 4 aromatic rings. The molecule has 0 radical (unpaired) electrons. The number of morpholine rings is 1. The second-order valence-corrected chi connectivity index (χ2v) is 9.45. The highest BCUT2D eigenvalue weighted by Gasteiger charge is 2.19. The second kappa shape index (κ2) is 10.2. The molecule has 0 unspecified atom stereocenters. The van der Waals surface area contributed by atoms with Crippen molar-refractivity contribution in [2.24, 2.45) is 0 Å². The Labute approximate surface area is 216 Å². The smallest absolute Gasteiger partial charge is 0.247 e. The molecule has 2 aliphatic rings. The van der Waals surface area contributed by atoms with E-state index in [1.807, 2.05) is 22.8 Å². The number of rotatable bonds is 6. The Balaban J connectivity index is 1.23. The summed E-state index contributed by atoms with van der Waals surface area (Å²) in [6.07, 6.45) is 3.55. The summed E-state index contributed by atoms with van der Waals surface area (Å²) in [5, 5.41) is 8.08. The fourth-order valence-electron chi connectivity index (χ4n) is 4.92. The van der Waals surface area contributed by atoms with E-state index in [9.17, 15) is 0 Å². The number of anilines is 4. The maximum absolute atomic E-state index is 5.73. The molecule has 0 bridgehead atoms. The summed E-state index contributed by atoms with van der Waals surface area (Å²) in [5.74, 6) is 1.34. The summed E-state index contributed by atoms with van der Waals surface area (Å²) in [7, 11) is 3.87. The number of ether oxygens (including phenoxy) is 2. The van der Waals surface area contributed by atoms with Crippen molar-refractivity contribution in [2.75, 3.05) is 81.8 Å². The Hall–Kier alpha value is -3.89. The predicted octanol–water partition coefficient (Wildman–Crippen LogP) is 3.13. The van der Waals surface area contributed by atoms with Crippen molar-refractivity contribution in [1.82, 2.24) is 24.5 Å². The molecule has 2 saturated heterocycles. The molecule has 0 saturated carbocycles. The molecule has 2 aromatic heterocycles. The van der Waals surface area contributed by atoms with Gasteiger partial charge in [-0.3, -0.25) is 4.98 Å². The molecule has 2 fully saturated rings. The number of hydrogen-bond donors (Lipinski definition) is 1. The topological polar surface area (TPSA) is 83.3 Å². The van der Waals surface area contributed by atoms with E-state index in [4.69, 9.17) is 14.6 Å². The van der Waals surface area contributed by atoms with Crippen LogP contribution in [0.1, 0.15) is 0 Å².